The molecule has 2 heterocycles. The average Bonchev–Trinajstić information content (AvgIpc) is 3.27. The van der Waals surface area contributed by atoms with Crippen molar-refractivity contribution in [3.63, 3.8) is 0 Å². The molecule has 7 nitrogen and oxygen atoms in total. The molecule has 0 saturated heterocycles. The number of aliphatic carboxylic acids is 1. The minimum absolute atomic E-state index is 0.0260. The van der Waals surface area contributed by atoms with Gasteiger partial charge in [0.1, 0.15) is 16.4 Å². The summed E-state index contributed by atoms with van der Waals surface area (Å²) >= 11 is 15.0. The lowest BCUT2D eigenvalue weighted by Gasteiger charge is -2.19. The number of carboxylic acid groups (broad SMARTS) is 1. The zero-order valence-electron chi connectivity index (χ0n) is 21.8. The number of nitrogens with zero attached hydrogens (tertiary/aromatic N) is 1. The molecule has 2 aromatic carbocycles. The number of carbonyl (C=O) groups is 1. The summed E-state index contributed by atoms with van der Waals surface area (Å²) in [7, 11) is -3.07. The van der Waals surface area contributed by atoms with Crippen LogP contribution in [0.15, 0.2) is 41.4 Å². The molecule has 0 fully saturated rings. The smallest absolute Gasteiger partial charge is 0.303 e. The standard InChI is InChI=1S/C28H29Cl2NO6S2/c1-16-25(17(2)27(30)28(26(16)29)36-8-5-9-39(3,34)35)19-7-4-6-18(10-19)14-37-23-12-22-21(13-31-23)20(15-38-22)11-24(32)33/h4,6-7,10,12-13,20H,5,8-9,11,14-15H2,1-3H3,(H,32,33)/t20-/m1/s1. The molecular formula is C28H29Cl2NO6S2. The van der Waals surface area contributed by atoms with E-state index in [0.717, 1.165) is 44.0 Å². The monoisotopic (exact) mass is 609 g/mol. The molecule has 1 aromatic heterocycles. The van der Waals surface area contributed by atoms with Gasteiger partial charge in [0.25, 0.3) is 0 Å². The summed E-state index contributed by atoms with van der Waals surface area (Å²) in [5.74, 6) is 0.750. The van der Waals surface area contributed by atoms with Crippen LogP contribution in [-0.4, -0.2) is 48.8 Å². The second-order valence-electron chi connectivity index (χ2n) is 9.57. The lowest BCUT2D eigenvalue weighted by Crippen LogP contribution is -2.09. The molecule has 1 aliphatic rings. The number of pyridine rings is 1. The van der Waals surface area contributed by atoms with Gasteiger partial charge in [0.05, 0.1) is 28.8 Å². The number of hydrogen-bond acceptors (Lipinski definition) is 7. The normalized spacial score (nSPS) is 14.7. The number of halogens is 2. The maximum absolute atomic E-state index is 11.4. The predicted molar refractivity (Wildman–Crippen MR) is 155 cm³/mol. The molecule has 0 unspecified atom stereocenters. The number of hydrogen-bond donors (Lipinski definition) is 1. The molecule has 0 spiro atoms. The fourth-order valence-corrected chi connectivity index (χ4v) is 6.99. The Balaban J connectivity index is 1.49. The van der Waals surface area contributed by atoms with Crippen molar-refractivity contribution >= 4 is 50.8 Å². The van der Waals surface area contributed by atoms with Crippen LogP contribution in [0.1, 0.15) is 41.0 Å². The van der Waals surface area contributed by atoms with Gasteiger partial charge in [-0.25, -0.2) is 13.4 Å². The molecule has 39 heavy (non-hydrogen) atoms. The maximum Gasteiger partial charge on any atom is 0.303 e. The molecule has 3 aromatic rings. The van der Waals surface area contributed by atoms with Crippen LogP contribution in [0.5, 0.6) is 11.6 Å². The number of thioether (sulfide) groups is 1. The van der Waals surface area contributed by atoms with Crippen molar-refractivity contribution in [2.75, 3.05) is 24.4 Å². The molecule has 0 saturated carbocycles. The van der Waals surface area contributed by atoms with Gasteiger partial charge in [-0.15, -0.1) is 11.8 Å². The Hall–Kier alpha value is -2.46. The summed E-state index contributed by atoms with van der Waals surface area (Å²) in [6.45, 7) is 4.28. The Morgan fingerprint density at radius 2 is 1.87 bits per heavy atom. The van der Waals surface area contributed by atoms with E-state index < -0.39 is 15.8 Å². The molecule has 0 amide bonds. The molecule has 1 N–H and O–H groups in total. The largest absolute Gasteiger partial charge is 0.490 e. The van der Waals surface area contributed by atoms with Gasteiger partial charge in [-0.2, -0.15) is 0 Å². The number of aromatic nitrogens is 1. The fraction of sp³-hybridized carbons (Fsp3) is 0.357. The highest BCUT2D eigenvalue weighted by atomic mass is 35.5. The van der Waals surface area contributed by atoms with E-state index >= 15 is 0 Å². The van der Waals surface area contributed by atoms with Gasteiger partial charge < -0.3 is 14.6 Å². The van der Waals surface area contributed by atoms with Crippen molar-refractivity contribution in [2.24, 2.45) is 0 Å². The van der Waals surface area contributed by atoms with Crippen LogP contribution >= 0.6 is 35.0 Å². The number of sulfone groups is 1. The second kappa shape index (κ2) is 12.4. The van der Waals surface area contributed by atoms with Crippen molar-refractivity contribution in [1.82, 2.24) is 4.98 Å². The van der Waals surface area contributed by atoms with E-state index in [4.69, 9.17) is 37.8 Å². The topological polar surface area (TPSA) is 103 Å². The summed E-state index contributed by atoms with van der Waals surface area (Å²) in [5, 5.41) is 9.90. The summed E-state index contributed by atoms with van der Waals surface area (Å²) in [5.41, 5.74) is 5.32. The van der Waals surface area contributed by atoms with Gasteiger partial charge >= 0.3 is 5.97 Å². The Morgan fingerprint density at radius 1 is 1.15 bits per heavy atom. The summed E-state index contributed by atoms with van der Waals surface area (Å²) in [6, 6.07) is 9.76. The molecular weight excluding hydrogens is 581 g/mol. The fourth-order valence-electron chi connectivity index (χ4n) is 4.57. The first-order chi connectivity index (χ1) is 18.4. The highest BCUT2D eigenvalue weighted by molar-refractivity contribution is 7.99. The Morgan fingerprint density at radius 3 is 2.54 bits per heavy atom. The number of fused-ring (bicyclic) bond motifs is 1. The first-order valence-corrected chi connectivity index (χ1v) is 16.1. The molecule has 0 radical (unpaired) electrons. The van der Waals surface area contributed by atoms with Crippen LogP contribution in [-0.2, 0) is 21.2 Å². The third-order valence-electron chi connectivity index (χ3n) is 6.49. The molecule has 1 aliphatic heterocycles. The average molecular weight is 611 g/mol. The number of carboxylic acids is 1. The number of benzene rings is 2. The molecule has 1 atom stereocenters. The Labute approximate surface area is 242 Å². The summed E-state index contributed by atoms with van der Waals surface area (Å²) in [6.07, 6.45) is 3.34. The van der Waals surface area contributed by atoms with Gasteiger partial charge in [-0.05, 0) is 59.7 Å². The minimum atomic E-state index is -3.07. The first-order valence-electron chi connectivity index (χ1n) is 12.3. The van der Waals surface area contributed by atoms with Crippen LogP contribution in [0.25, 0.3) is 11.1 Å². The van der Waals surface area contributed by atoms with Crippen LogP contribution in [0.4, 0.5) is 0 Å². The van der Waals surface area contributed by atoms with Crippen LogP contribution in [0.3, 0.4) is 0 Å². The second-order valence-corrected chi connectivity index (χ2v) is 13.6. The van der Waals surface area contributed by atoms with Crippen LogP contribution < -0.4 is 9.47 Å². The van der Waals surface area contributed by atoms with Gasteiger partial charge in [-0.1, -0.05) is 41.4 Å². The van der Waals surface area contributed by atoms with E-state index in [1.807, 2.05) is 44.2 Å². The zero-order valence-corrected chi connectivity index (χ0v) is 24.9. The lowest BCUT2D eigenvalue weighted by molar-refractivity contribution is -0.137. The highest BCUT2D eigenvalue weighted by Crippen LogP contribution is 2.45. The van der Waals surface area contributed by atoms with E-state index in [1.54, 1.807) is 18.0 Å². The van der Waals surface area contributed by atoms with Gasteiger partial charge in [0.2, 0.25) is 5.88 Å². The highest BCUT2D eigenvalue weighted by Gasteiger charge is 2.26. The third kappa shape index (κ3) is 7.20. The number of rotatable bonds is 11. The van der Waals surface area contributed by atoms with Gasteiger partial charge in [-0.3, -0.25) is 4.79 Å². The SMILES string of the molecule is Cc1c(Cl)c(OCCCS(C)(=O)=O)c(Cl)c(C)c1-c1cccc(COc2cc3c(cn2)[C@H](CC(=O)O)CS3)c1. The van der Waals surface area contributed by atoms with E-state index in [0.29, 0.717) is 34.7 Å². The molecule has 0 aliphatic carbocycles. The Bertz CT molecular complexity index is 1480. The van der Waals surface area contributed by atoms with E-state index in [-0.39, 0.29) is 24.7 Å². The van der Waals surface area contributed by atoms with Crippen molar-refractivity contribution in [1.29, 1.82) is 0 Å². The zero-order chi connectivity index (χ0) is 28.3. The molecule has 11 heteroatoms. The van der Waals surface area contributed by atoms with E-state index in [1.165, 1.54) is 6.26 Å². The molecule has 208 valence electrons. The van der Waals surface area contributed by atoms with Crippen molar-refractivity contribution in [2.45, 2.75) is 44.1 Å². The molecule has 4 rings (SSSR count). The molecule has 0 bridgehead atoms. The lowest BCUT2D eigenvalue weighted by atomic mass is 9.94. The third-order valence-corrected chi connectivity index (χ3v) is 9.66. The van der Waals surface area contributed by atoms with Crippen molar-refractivity contribution in [3.8, 4) is 22.8 Å². The minimum Gasteiger partial charge on any atom is -0.490 e. The van der Waals surface area contributed by atoms with E-state index in [9.17, 15) is 13.2 Å². The van der Waals surface area contributed by atoms with Crippen molar-refractivity contribution in [3.05, 3.63) is 68.8 Å². The van der Waals surface area contributed by atoms with Gasteiger partial charge in [0, 0.05) is 35.1 Å². The summed E-state index contributed by atoms with van der Waals surface area (Å²) in [4.78, 5) is 16.5. The Kier molecular flexibility index (Phi) is 9.37. The van der Waals surface area contributed by atoms with E-state index in [2.05, 4.69) is 4.98 Å². The van der Waals surface area contributed by atoms with Crippen LogP contribution in [0.2, 0.25) is 10.0 Å². The maximum atomic E-state index is 11.4. The van der Waals surface area contributed by atoms with Gasteiger partial charge in [0.15, 0.2) is 5.75 Å². The van der Waals surface area contributed by atoms with Crippen molar-refractivity contribution < 1.29 is 27.8 Å². The predicted octanol–water partition coefficient (Wildman–Crippen LogP) is 6.73. The summed E-state index contributed by atoms with van der Waals surface area (Å²) < 4.78 is 34.6. The number of ether oxygens (including phenoxy) is 2. The first kappa shape index (κ1) is 29.5. The van der Waals surface area contributed by atoms with Crippen LogP contribution in [0, 0.1) is 13.8 Å². The quantitative estimate of drug-likeness (QED) is 0.239.